The zero-order valence-corrected chi connectivity index (χ0v) is 19.0. The van der Waals surface area contributed by atoms with Crippen LogP contribution in [-0.4, -0.2) is 29.3 Å². The molecule has 0 aliphatic heterocycles. The number of halogens is 1. The Morgan fingerprint density at radius 1 is 1.06 bits per heavy atom. The van der Waals surface area contributed by atoms with Gasteiger partial charge in [-0.05, 0) is 40.5 Å². The standard InChI is InChI=1S/C28H21ClN2O3/c29-25-16-18(27(32)26-23(25)13-7-15-30-26)8-5-6-14-31-28(33)34-17-24-21-11-3-1-9-19(21)20-10-2-4-12-22(20)24/h1-4,7,9-13,15-16,24,32H,6,14,17H2,(H,31,33). The van der Waals surface area contributed by atoms with Crippen LogP contribution in [-0.2, 0) is 4.74 Å². The molecule has 0 saturated heterocycles. The molecular formula is C28H21ClN2O3. The van der Waals surface area contributed by atoms with E-state index in [1.807, 2.05) is 24.3 Å². The lowest BCUT2D eigenvalue weighted by atomic mass is 9.98. The van der Waals surface area contributed by atoms with Gasteiger partial charge in [-0.1, -0.05) is 72.0 Å². The summed E-state index contributed by atoms with van der Waals surface area (Å²) in [5, 5.41) is 14.3. The molecule has 1 aromatic heterocycles. The molecule has 1 amide bonds. The fourth-order valence-electron chi connectivity index (χ4n) is 4.32. The zero-order valence-electron chi connectivity index (χ0n) is 18.2. The Kier molecular flexibility index (Phi) is 6.07. The quantitative estimate of drug-likeness (QED) is 0.290. The monoisotopic (exact) mass is 468 g/mol. The van der Waals surface area contributed by atoms with Gasteiger partial charge in [0.15, 0.2) is 5.75 Å². The van der Waals surface area contributed by atoms with E-state index in [0.717, 1.165) is 0 Å². The fraction of sp³-hybridized carbons (Fsp3) is 0.143. The van der Waals surface area contributed by atoms with E-state index in [0.29, 0.717) is 34.5 Å². The highest BCUT2D eigenvalue weighted by Gasteiger charge is 2.28. The lowest BCUT2D eigenvalue weighted by molar-refractivity contribution is 0.143. The predicted molar refractivity (Wildman–Crippen MR) is 133 cm³/mol. The molecule has 0 bridgehead atoms. The van der Waals surface area contributed by atoms with Crippen molar-refractivity contribution in [3.63, 3.8) is 0 Å². The Bertz CT molecular complexity index is 1410. The molecule has 5 nitrogen and oxygen atoms in total. The first-order chi connectivity index (χ1) is 16.6. The third-order valence-corrected chi connectivity index (χ3v) is 6.21. The Morgan fingerprint density at radius 2 is 1.76 bits per heavy atom. The number of phenols is 1. The number of carbonyl (C=O) groups is 1. The first kappa shape index (κ1) is 21.8. The van der Waals surface area contributed by atoms with Crippen LogP contribution >= 0.6 is 11.6 Å². The lowest BCUT2D eigenvalue weighted by Crippen LogP contribution is -2.26. The van der Waals surface area contributed by atoms with Gasteiger partial charge in [0.05, 0.1) is 10.6 Å². The number of amides is 1. The summed E-state index contributed by atoms with van der Waals surface area (Å²) >= 11 is 6.28. The Morgan fingerprint density at radius 3 is 2.50 bits per heavy atom. The van der Waals surface area contributed by atoms with Crippen LogP contribution in [0, 0.1) is 11.8 Å². The molecule has 0 unspecified atom stereocenters. The van der Waals surface area contributed by atoms with E-state index in [2.05, 4.69) is 46.4 Å². The molecule has 34 heavy (non-hydrogen) atoms. The van der Waals surface area contributed by atoms with Crippen molar-refractivity contribution in [2.24, 2.45) is 0 Å². The van der Waals surface area contributed by atoms with Gasteiger partial charge in [-0.3, -0.25) is 4.98 Å². The van der Waals surface area contributed by atoms with Gasteiger partial charge in [0.2, 0.25) is 0 Å². The SMILES string of the molecule is O=C(NCCC#Cc1cc(Cl)c2cccnc2c1O)OCC1c2ccccc2-c2ccccc21. The summed E-state index contributed by atoms with van der Waals surface area (Å²) in [4.78, 5) is 16.4. The van der Waals surface area contributed by atoms with Crippen LogP contribution < -0.4 is 5.32 Å². The second-order valence-corrected chi connectivity index (χ2v) is 8.37. The van der Waals surface area contributed by atoms with Gasteiger partial charge in [-0.15, -0.1) is 0 Å². The molecule has 6 heteroatoms. The number of fused-ring (bicyclic) bond motifs is 4. The van der Waals surface area contributed by atoms with Crippen LogP contribution in [0.4, 0.5) is 4.79 Å². The Hall–Kier alpha value is -4.01. The van der Waals surface area contributed by atoms with Crippen LogP contribution in [0.1, 0.15) is 29.0 Å². The minimum absolute atomic E-state index is 0.00278. The summed E-state index contributed by atoms with van der Waals surface area (Å²) in [5.74, 6) is 5.87. The van der Waals surface area contributed by atoms with Gasteiger partial charge >= 0.3 is 6.09 Å². The predicted octanol–water partition coefficient (Wildman–Crippen LogP) is 5.87. The third-order valence-electron chi connectivity index (χ3n) is 5.90. The number of ether oxygens (including phenoxy) is 1. The molecule has 4 aromatic rings. The normalized spacial score (nSPS) is 11.9. The molecule has 0 radical (unpaired) electrons. The van der Waals surface area contributed by atoms with Crippen LogP contribution in [0.15, 0.2) is 72.9 Å². The summed E-state index contributed by atoms with van der Waals surface area (Å²) in [6.45, 7) is 0.589. The maximum atomic E-state index is 12.3. The van der Waals surface area contributed by atoms with E-state index in [4.69, 9.17) is 16.3 Å². The highest BCUT2D eigenvalue weighted by Crippen LogP contribution is 2.44. The smallest absolute Gasteiger partial charge is 0.407 e. The lowest BCUT2D eigenvalue weighted by Gasteiger charge is -2.14. The number of benzene rings is 3. The van der Waals surface area contributed by atoms with Crippen molar-refractivity contribution in [3.05, 3.63) is 94.6 Å². The average Bonchev–Trinajstić information content (AvgIpc) is 3.19. The van der Waals surface area contributed by atoms with Crippen molar-refractivity contribution in [1.29, 1.82) is 0 Å². The molecule has 1 aliphatic rings. The van der Waals surface area contributed by atoms with Gasteiger partial charge in [0, 0.05) is 30.5 Å². The van der Waals surface area contributed by atoms with Crippen molar-refractivity contribution in [2.45, 2.75) is 12.3 Å². The topological polar surface area (TPSA) is 71.5 Å². The molecular weight excluding hydrogens is 448 g/mol. The second kappa shape index (κ2) is 9.46. The highest BCUT2D eigenvalue weighted by atomic mass is 35.5. The number of alkyl carbamates (subject to hydrolysis) is 1. The number of hydrogen-bond donors (Lipinski definition) is 2. The van der Waals surface area contributed by atoms with Crippen molar-refractivity contribution in [3.8, 4) is 28.7 Å². The third kappa shape index (κ3) is 4.16. The number of phenolic OH excluding ortho intramolecular Hbond substituents is 1. The first-order valence-electron chi connectivity index (χ1n) is 11.0. The van der Waals surface area contributed by atoms with Crippen molar-refractivity contribution in [2.75, 3.05) is 13.2 Å². The van der Waals surface area contributed by atoms with Crippen molar-refractivity contribution < 1.29 is 14.6 Å². The molecule has 5 rings (SSSR count). The number of pyridine rings is 1. The maximum Gasteiger partial charge on any atom is 0.407 e. The molecule has 168 valence electrons. The van der Waals surface area contributed by atoms with Crippen molar-refractivity contribution in [1.82, 2.24) is 10.3 Å². The van der Waals surface area contributed by atoms with Gasteiger partial charge in [0.25, 0.3) is 0 Å². The Balaban J connectivity index is 1.17. The number of aromatic hydroxyl groups is 1. The largest absolute Gasteiger partial charge is 0.504 e. The average molecular weight is 469 g/mol. The first-order valence-corrected chi connectivity index (χ1v) is 11.3. The van der Waals surface area contributed by atoms with Crippen LogP contribution in [0.2, 0.25) is 5.02 Å². The molecule has 1 aliphatic carbocycles. The molecule has 1 heterocycles. The number of nitrogens with one attached hydrogen (secondary N) is 1. The fourth-order valence-corrected chi connectivity index (χ4v) is 4.58. The maximum absolute atomic E-state index is 12.3. The number of hydrogen-bond acceptors (Lipinski definition) is 4. The Labute approximate surface area is 202 Å². The van der Waals surface area contributed by atoms with Gasteiger partial charge in [0.1, 0.15) is 12.1 Å². The van der Waals surface area contributed by atoms with E-state index >= 15 is 0 Å². The van der Waals surface area contributed by atoms with E-state index in [1.54, 1.807) is 24.4 Å². The van der Waals surface area contributed by atoms with Crippen LogP contribution in [0.25, 0.3) is 22.0 Å². The van der Waals surface area contributed by atoms with Gasteiger partial charge < -0.3 is 15.2 Å². The highest BCUT2D eigenvalue weighted by molar-refractivity contribution is 6.35. The number of nitrogens with zero attached hydrogens (tertiary/aromatic N) is 1. The summed E-state index contributed by atoms with van der Waals surface area (Å²) in [5.41, 5.74) is 5.54. The van der Waals surface area contributed by atoms with E-state index < -0.39 is 6.09 Å². The number of rotatable bonds is 4. The van der Waals surface area contributed by atoms with Gasteiger partial charge in [-0.2, -0.15) is 0 Å². The number of carbonyl (C=O) groups excluding carboxylic acids is 1. The molecule has 0 fully saturated rings. The molecule has 2 N–H and O–H groups in total. The molecule has 3 aromatic carbocycles. The summed E-state index contributed by atoms with van der Waals surface area (Å²) in [7, 11) is 0. The van der Waals surface area contributed by atoms with E-state index in [1.165, 1.54) is 22.3 Å². The molecule has 0 spiro atoms. The van der Waals surface area contributed by atoms with Crippen molar-refractivity contribution >= 4 is 28.6 Å². The summed E-state index contributed by atoms with van der Waals surface area (Å²) in [6.07, 6.45) is 1.50. The molecule has 0 saturated carbocycles. The minimum atomic E-state index is -0.482. The van der Waals surface area contributed by atoms with Crippen LogP contribution in [0.5, 0.6) is 5.75 Å². The van der Waals surface area contributed by atoms with E-state index in [-0.39, 0.29) is 18.3 Å². The zero-order chi connectivity index (χ0) is 23.5. The van der Waals surface area contributed by atoms with Gasteiger partial charge in [-0.25, -0.2) is 4.79 Å². The molecule has 0 atom stereocenters. The minimum Gasteiger partial charge on any atom is -0.504 e. The number of aromatic nitrogens is 1. The summed E-state index contributed by atoms with van der Waals surface area (Å²) < 4.78 is 5.52. The van der Waals surface area contributed by atoms with Crippen LogP contribution in [0.3, 0.4) is 0 Å². The second-order valence-electron chi connectivity index (χ2n) is 7.96. The summed E-state index contributed by atoms with van der Waals surface area (Å²) in [6, 6.07) is 21.6. The van der Waals surface area contributed by atoms with E-state index in [9.17, 15) is 9.90 Å².